The number of carboxylic acid groups (broad SMARTS) is 1. The van der Waals surface area contributed by atoms with Crippen LogP contribution >= 0.6 is 0 Å². The molecule has 1 aromatic heterocycles. The lowest BCUT2D eigenvalue weighted by molar-refractivity contribution is -0.136. The number of carbonyl (C=O) groups is 1. The largest absolute Gasteiger partial charge is 0.481 e. The predicted octanol–water partition coefficient (Wildman–Crippen LogP) is 5.48. The van der Waals surface area contributed by atoms with E-state index in [0.717, 1.165) is 40.8 Å². The van der Waals surface area contributed by atoms with Gasteiger partial charge in [0.25, 0.3) is 0 Å². The zero-order chi connectivity index (χ0) is 26.1. The number of ether oxygens (including phenoxy) is 2. The van der Waals surface area contributed by atoms with Crippen molar-refractivity contribution in [2.45, 2.75) is 84.5 Å². The maximum absolute atomic E-state index is 11.0. The number of allylic oxidation sites excluding steroid dienone is 3. The molecule has 7 heteroatoms. The Morgan fingerprint density at radius 1 is 1.29 bits per heavy atom. The number of aryl methyl sites for hydroxylation is 1. The number of methoxy groups -OCH3 is 1. The van der Waals surface area contributed by atoms with Crippen molar-refractivity contribution in [3.05, 3.63) is 65.5 Å². The van der Waals surface area contributed by atoms with Gasteiger partial charge in [-0.3, -0.25) is 4.79 Å². The highest BCUT2D eigenvalue weighted by atomic mass is 16.5. The average Bonchev–Trinajstić information content (AvgIpc) is 3.25. The SMILES string of the molecule is C=C/C(=C/C)c1ccc(CCC(=O)O)cc1Cn1cc(CC(C)(CC)OCCC(C)(C)OC)nn1. The smallest absolute Gasteiger partial charge is 0.303 e. The van der Waals surface area contributed by atoms with Crippen LogP contribution < -0.4 is 0 Å². The van der Waals surface area contributed by atoms with E-state index in [9.17, 15) is 4.79 Å². The second-order valence-electron chi connectivity index (χ2n) is 9.78. The lowest BCUT2D eigenvalue weighted by Crippen LogP contribution is -2.34. The fourth-order valence-corrected chi connectivity index (χ4v) is 3.83. The van der Waals surface area contributed by atoms with E-state index in [4.69, 9.17) is 14.6 Å². The van der Waals surface area contributed by atoms with E-state index in [1.54, 1.807) is 7.11 Å². The van der Waals surface area contributed by atoms with Crippen LogP contribution in [0, 0.1) is 0 Å². The van der Waals surface area contributed by atoms with E-state index < -0.39 is 5.97 Å². The summed E-state index contributed by atoms with van der Waals surface area (Å²) in [5.41, 5.74) is 4.43. The van der Waals surface area contributed by atoms with E-state index in [0.29, 0.717) is 26.0 Å². The summed E-state index contributed by atoms with van der Waals surface area (Å²) in [4.78, 5) is 11.0. The Labute approximate surface area is 209 Å². The molecule has 0 saturated carbocycles. The monoisotopic (exact) mass is 483 g/mol. The van der Waals surface area contributed by atoms with Crippen LogP contribution in [-0.2, 0) is 33.7 Å². The van der Waals surface area contributed by atoms with Crippen molar-refractivity contribution in [3.63, 3.8) is 0 Å². The molecule has 1 N–H and O–H groups in total. The van der Waals surface area contributed by atoms with Gasteiger partial charge in [-0.15, -0.1) is 5.10 Å². The Balaban J connectivity index is 2.18. The Bertz CT molecular complexity index is 1020. The Morgan fingerprint density at radius 2 is 2.03 bits per heavy atom. The topological polar surface area (TPSA) is 86.5 Å². The van der Waals surface area contributed by atoms with Crippen LogP contribution in [0.15, 0.2) is 43.1 Å². The first-order valence-electron chi connectivity index (χ1n) is 12.3. The number of rotatable bonds is 15. The number of aliphatic carboxylic acids is 1. The lowest BCUT2D eigenvalue weighted by atomic mass is 9.95. The van der Waals surface area contributed by atoms with Crippen LogP contribution in [-0.4, -0.2) is 51.0 Å². The molecule has 1 aromatic carbocycles. The minimum Gasteiger partial charge on any atom is -0.481 e. The van der Waals surface area contributed by atoms with Gasteiger partial charge in [-0.2, -0.15) is 0 Å². The van der Waals surface area contributed by atoms with Gasteiger partial charge in [0.05, 0.1) is 30.0 Å². The Kier molecular flexibility index (Phi) is 10.4. The first-order valence-corrected chi connectivity index (χ1v) is 12.3. The summed E-state index contributed by atoms with van der Waals surface area (Å²) >= 11 is 0. The summed E-state index contributed by atoms with van der Waals surface area (Å²) in [6, 6.07) is 6.07. The summed E-state index contributed by atoms with van der Waals surface area (Å²) in [6.45, 7) is 15.4. The standard InChI is InChI=1S/C28H41N3O4/c1-8-22(9-2)25-13-11-21(12-14-26(32)33)17-23(25)19-31-20-24(29-30-31)18-28(6,10-3)35-16-15-27(4,5)34-7/h8-9,11,13,17,20H,1,10,12,14-16,18-19H2,2-7H3,(H,32,33)/b22-9-. The van der Waals surface area contributed by atoms with Crippen LogP contribution in [0.3, 0.4) is 0 Å². The number of hydrogen-bond acceptors (Lipinski definition) is 5. The highest BCUT2D eigenvalue weighted by molar-refractivity contribution is 5.75. The minimum absolute atomic E-state index is 0.0986. The molecule has 0 spiro atoms. The quantitative estimate of drug-likeness (QED) is 0.338. The molecule has 0 bridgehead atoms. The molecule has 0 amide bonds. The van der Waals surface area contributed by atoms with Crippen LogP contribution in [0.1, 0.15) is 76.3 Å². The summed E-state index contributed by atoms with van der Waals surface area (Å²) in [7, 11) is 1.72. The van der Waals surface area contributed by atoms with E-state index in [1.165, 1.54) is 0 Å². The number of aromatic nitrogens is 3. The van der Waals surface area contributed by atoms with E-state index in [2.05, 4.69) is 50.7 Å². The van der Waals surface area contributed by atoms with Crippen molar-refractivity contribution >= 4 is 11.5 Å². The molecule has 1 atom stereocenters. The maximum Gasteiger partial charge on any atom is 0.303 e. The normalized spacial score (nSPS) is 14.1. The lowest BCUT2D eigenvalue weighted by Gasteiger charge is -2.30. The predicted molar refractivity (Wildman–Crippen MR) is 139 cm³/mol. The third-order valence-corrected chi connectivity index (χ3v) is 6.57. The van der Waals surface area contributed by atoms with Crippen LogP contribution in [0.2, 0.25) is 0 Å². The first kappa shape index (κ1) is 28.5. The third-order valence-electron chi connectivity index (χ3n) is 6.57. The summed E-state index contributed by atoms with van der Waals surface area (Å²) in [5.74, 6) is -0.802. The molecule has 1 unspecified atom stereocenters. The molecule has 0 saturated heterocycles. The number of carboxylic acids is 1. The Hall–Kier alpha value is -2.77. The number of hydrogen-bond donors (Lipinski definition) is 1. The molecule has 2 aromatic rings. The van der Waals surface area contributed by atoms with Crippen LogP contribution in [0.4, 0.5) is 0 Å². The van der Waals surface area contributed by atoms with Gasteiger partial charge < -0.3 is 14.6 Å². The second-order valence-corrected chi connectivity index (χ2v) is 9.78. The fourth-order valence-electron chi connectivity index (χ4n) is 3.83. The van der Waals surface area contributed by atoms with Crippen molar-refractivity contribution < 1.29 is 19.4 Å². The molecule has 0 aliphatic heterocycles. The van der Waals surface area contributed by atoms with E-state index in [1.807, 2.05) is 42.1 Å². The summed E-state index contributed by atoms with van der Waals surface area (Å²) in [5, 5.41) is 17.8. The molecule has 1 heterocycles. The van der Waals surface area contributed by atoms with Gasteiger partial charge in [0.2, 0.25) is 0 Å². The molecular formula is C28H41N3O4. The summed E-state index contributed by atoms with van der Waals surface area (Å²) < 4.78 is 13.6. The zero-order valence-corrected chi connectivity index (χ0v) is 22.1. The molecular weight excluding hydrogens is 442 g/mol. The van der Waals surface area contributed by atoms with Gasteiger partial charge in [-0.05, 0) is 69.2 Å². The molecule has 2 rings (SSSR count). The van der Waals surface area contributed by atoms with E-state index in [-0.39, 0.29) is 17.6 Å². The molecule has 0 radical (unpaired) electrons. The van der Waals surface area contributed by atoms with Crippen LogP contribution in [0.25, 0.3) is 5.57 Å². The van der Waals surface area contributed by atoms with Crippen molar-refractivity contribution in [1.29, 1.82) is 0 Å². The third kappa shape index (κ3) is 8.75. The summed E-state index contributed by atoms with van der Waals surface area (Å²) in [6.07, 6.45) is 8.72. The van der Waals surface area contributed by atoms with Gasteiger partial charge in [0, 0.05) is 26.1 Å². The van der Waals surface area contributed by atoms with E-state index >= 15 is 0 Å². The molecule has 7 nitrogen and oxygen atoms in total. The highest BCUT2D eigenvalue weighted by Crippen LogP contribution is 2.25. The Morgan fingerprint density at radius 3 is 2.63 bits per heavy atom. The fraction of sp³-hybridized carbons (Fsp3) is 0.536. The number of nitrogens with zero attached hydrogens (tertiary/aromatic N) is 3. The molecule has 0 fully saturated rings. The highest BCUT2D eigenvalue weighted by Gasteiger charge is 2.26. The van der Waals surface area contributed by atoms with Gasteiger partial charge in [0.15, 0.2) is 0 Å². The van der Waals surface area contributed by atoms with Crippen molar-refractivity contribution in [3.8, 4) is 0 Å². The minimum atomic E-state index is -0.802. The van der Waals surface area contributed by atoms with Crippen LogP contribution in [0.5, 0.6) is 0 Å². The van der Waals surface area contributed by atoms with Gasteiger partial charge in [0.1, 0.15) is 0 Å². The van der Waals surface area contributed by atoms with Gasteiger partial charge in [-0.25, -0.2) is 4.68 Å². The molecule has 192 valence electrons. The van der Waals surface area contributed by atoms with Gasteiger partial charge >= 0.3 is 5.97 Å². The number of benzene rings is 1. The second kappa shape index (κ2) is 12.8. The average molecular weight is 484 g/mol. The molecule has 35 heavy (non-hydrogen) atoms. The van der Waals surface area contributed by atoms with Gasteiger partial charge in [-0.1, -0.05) is 49.1 Å². The van der Waals surface area contributed by atoms with Crippen molar-refractivity contribution in [2.75, 3.05) is 13.7 Å². The molecule has 0 aliphatic carbocycles. The van der Waals surface area contributed by atoms with Crippen molar-refractivity contribution in [2.24, 2.45) is 0 Å². The molecule has 0 aliphatic rings. The van der Waals surface area contributed by atoms with Crippen molar-refractivity contribution in [1.82, 2.24) is 15.0 Å². The maximum atomic E-state index is 11.0. The first-order chi connectivity index (χ1) is 16.5. The zero-order valence-electron chi connectivity index (χ0n) is 22.1.